The van der Waals surface area contributed by atoms with E-state index in [1.54, 1.807) is 25.1 Å². The van der Waals surface area contributed by atoms with Crippen molar-refractivity contribution in [2.24, 2.45) is 0 Å². The monoisotopic (exact) mass is 360 g/mol. The Labute approximate surface area is 142 Å². The first-order valence-electron chi connectivity index (χ1n) is 7.38. The number of ether oxygens (including phenoxy) is 3. The lowest BCUT2D eigenvalue weighted by molar-refractivity contribution is 0.151. The smallest absolute Gasteiger partial charge is 0.407 e. The van der Waals surface area contributed by atoms with E-state index in [9.17, 15) is 13.2 Å². The van der Waals surface area contributed by atoms with Crippen LogP contribution in [-0.4, -0.2) is 59.0 Å². The predicted octanol–water partition coefficient (Wildman–Crippen LogP) is 1.21. The van der Waals surface area contributed by atoms with Crippen molar-refractivity contribution in [2.75, 3.05) is 40.2 Å². The van der Waals surface area contributed by atoms with Gasteiger partial charge in [-0.1, -0.05) is 6.07 Å². The number of benzene rings is 1. The van der Waals surface area contributed by atoms with Crippen LogP contribution in [0.5, 0.6) is 11.5 Å². The molecule has 0 aliphatic heterocycles. The summed E-state index contributed by atoms with van der Waals surface area (Å²) in [6.07, 6.45) is 0.551. The van der Waals surface area contributed by atoms with Crippen molar-refractivity contribution in [1.82, 2.24) is 9.62 Å². The number of rotatable bonds is 9. The predicted molar refractivity (Wildman–Crippen MR) is 89.8 cm³/mol. The molecule has 1 rings (SSSR count). The number of methoxy groups -OCH3 is 2. The molecule has 0 aliphatic rings. The molecule has 0 fully saturated rings. The highest BCUT2D eigenvalue weighted by atomic mass is 32.2. The highest BCUT2D eigenvalue weighted by molar-refractivity contribution is 7.88. The maximum absolute atomic E-state index is 11.9. The second kappa shape index (κ2) is 9.33. The summed E-state index contributed by atoms with van der Waals surface area (Å²) < 4.78 is 40.3. The van der Waals surface area contributed by atoms with Crippen molar-refractivity contribution < 1.29 is 27.4 Å². The summed E-state index contributed by atoms with van der Waals surface area (Å²) in [6.45, 7) is 2.39. The summed E-state index contributed by atoms with van der Waals surface area (Å²) in [5.74, 6) is 1.09. The van der Waals surface area contributed by atoms with Crippen LogP contribution < -0.4 is 14.8 Å². The van der Waals surface area contributed by atoms with Gasteiger partial charge in [0.15, 0.2) is 11.5 Å². The summed E-state index contributed by atoms with van der Waals surface area (Å²) in [6, 6.07) is 5.19. The molecule has 8 nitrogen and oxygen atoms in total. The lowest BCUT2D eigenvalue weighted by Crippen LogP contribution is -2.37. The van der Waals surface area contributed by atoms with Crippen LogP contribution in [0.15, 0.2) is 18.2 Å². The fourth-order valence-electron chi connectivity index (χ4n) is 2.01. The van der Waals surface area contributed by atoms with Crippen molar-refractivity contribution >= 4 is 16.1 Å². The van der Waals surface area contributed by atoms with Gasteiger partial charge in [-0.05, 0) is 24.6 Å². The van der Waals surface area contributed by atoms with Crippen LogP contribution >= 0.6 is 0 Å². The Hall–Kier alpha value is -2.00. The molecule has 0 unspecified atom stereocenters. The van der Waals surface area contributed by atoms with Gasteiger partial charge in [0.05, 0.1) is 27.1 Å². The van der Waals surface area contributed by atoms with Crippen molar-refractivity contribution in [2.45, 2.75) is 13.5 Å². The SMILES string of the molecule is CCOC(=O)NCCN(Cc1ccc(OC)c(OC)c1)S(C)(=O)=O. The number of hydrogen-bond acceptors (Lipinski definition) is 6. The van der Waals surface area contributed by atoms with E-state index in [1.807, 2.05) is 0 Å². The number of nitrogens with one attached hydrogen (secondary N) is 1. The summed E-state index contributed by atoms with van der Waals surface area (Å²) in [4.78, 5) is 11.3. The summed E-state index contributed by atoms with van der Waals surface area (Å²) in [7, 11) is -0.397. The lowest BCUT2D eigenvalue weighted by atomic mass is 10.2. The first-order valence-corrected chi connectivity index (χ1v) is 9.23. The van der Waals surface area contributed by atoms with Gasteiger partial charge < -0.3 is 19.5 Å². The van der Waals surface area contributed by atoms with Crippen LogP contribution in [0, 0.1) is 0 Å². The zero-order valence-electron chi connectivity index (χ0n) is 14.4. The van der Waals surface area contributed by atoms with Gasteiger partial charge in [-0.3, -0.25) is 0 Å². The van der Waals surface area contributed by atoms with Crippen LogP contribution in [0.25, 0.3) is 0 Å². The molecular weight excluding hydrogens is 336 g/mol. The van der Waals surface area contributed by atoms with Gasteiger partial charge in [-0.25, -0.2) is 13.2 Å². The maximum atomic E-state index is 11.9. The van der Waals surface area contributed by atoms with Gasteiger partial charge in [0.1, 0.15) is 0 Å². The molecular formula is C15H24N2O6S. The molecule has 1 aromatic carbocycles. The third-order valence-electron chi connectivity index (χ3n) is 3.18. The van der Waals surface area contributed by atoms with Gasteiger partial charge in [0.2, 0.25) is 10.0 Å². The summed E-state index contributed by atoms with van der Waals surface area (Å²) in [5.41, 5.74) is 0.745. The van der Waals surface area contributed by atoms with E-state index >= 15 is 0 Å². The largest absolute Gasteiger partial charge is 0.493 e. The average Bonchev–Trinajstić information content (AvgIpc) is 2.53. The first kappa shape index (κ1) is 20.0. The Balaban J connectivity index is 2.78. The van der Waals surface area contributed by atoms with Gasteiger partial charge in [-0.15, -0.1) is 0 Å². The van der Waals surface area contributed by atoms with Crippen LogP contribution in [0.3, 0.4) is 0 Å². The minimum Gasteiger partial charge on any atom is -0.493 e. The van der Waals surface area contributed by atoms with Crippen LogP contribution in [0.4, 0.5) is 4.79 Å². The Morgan fingerprint density at radius 1 is 1.21 bits per heavy atom. The zero-order valence-corrected chi connectivity index (χ0v) is 15.2. The third kappa shape index (κ3) is 6.25. The minimum absolute atomic E-state index is 0.131. The highest BCUT2D eigenvalue weighted by Gasteiger charge is 2.18. The number of alkyl carbamates (subject to hydrolysis) is 1. The second-order valence-electron chi connectivity index (χ2n) is 4.93. The molecule has 0 heterocycles. The van der Waals surface area contributed by atoms with Gasteiger partial charge in [0.25, 0.3) is 0 Å². The van der Waals surface area contributed by atoms with Crippen LogP contribution in [-0.2, 0) is 21.3 Å². The molecule has 0 saturated heterocycles. The fraction of sp³-hybridized carbons (Fsp3) is 0.533. The van der Waals surface area contributed by atoms with E-state index in [-0.39, 0.29) is 26.2 Å². The Morgan fingerprint density at radius 2 is 1.88 bits per heavy atom. The van der Waals surface area contributed by atoms with E-state index in [0.717, 1.165) is 11.8 Å². The Morgan fingerprint density at radius 3 is 2.42 bits per heavy atom. The van der Waals surface area contributed by atoms with Gasteiger partial charge in [-0.2, -0.15) is 4.31 Å². The normalized spacial score (nSPS) is 11.2. The molecule has 9 heteroatoms. The van der Waals surface area contributed by atoms with E-state index in [1.165, 1.54) is 18.5 Å². The van der Waals surface area contributed by atoms with Crippen LogP contribution in [0.2, 0.25) is 0 Å². The Kier molecular flexibility index (Phi) is 7.80. The fourth-order valence-corrected chi connectivity index (χ4v) is 2.82. The lowest BCUT2D eigenvalue weighted by Gasteiger charge is -2.20. The summed E-state index contributed by atoms with van der Waals surface area (Å²) >= 11 is 0. The number of hydrogen-bond donors (Lipinski definition) is 1. The first-order chi connectivity index (χ1) is 11.3. The molecule has 1 aromatic rings. The standard InChI is InChI=1S/C15H24N2O6S/c1-5-23-15(18)16-8-9-17(24(4,19)20)11-12-6-7-13(21-2)14(10-12)22-3/h6-7,10H,5,8-9,11H2,1-4H3,(H,16,18). The van der Waals surface area contributed by atoms with Crippen molar-refractivity contribution in [3.8, 4) is 11.5 Å². The molecule has 0 saturated carbocycles. The number of carbonyl (C=O) groups is 1. The topological polar surface area (TPSA) is 94.2 Å². The molecule has 0 spiro atoms. The molecule has 0 atom stereocenters. The van der Waals surface area contributed by atoms with E-state index in [4.69, 9.17) is 14.2 Å². The quantitative estimate of drug-likeness (QED) is 0.711. The van der Waals surface area contributed by atoms with E-state index in [2.05, 4.69) is 5.32 Å². The zero-order chi connectivity index (χ0) is 18.2. The number of amides is 1. The van der Waals surface area contributed by atoms with Crippen molar-refractivity contribution in [1.29, 1.82) is 0 Å². The van der Waals surface area contributed by atoms with Crippen LogP contribution in [0.1, 0.15) is 12.5 Å². The van der Waals surface area contributed by atoms with Crippen molar-refractivity contribution in [3.05, 3.63) is 23.8 Å². The van der Waals surface area contributed by atoms with E-state index < -0.39 is 16.1 Å². The Bertz CT molecular complexity index is 647. The molecule has 24 heavy (non-hydrogen) atoms. The number of carbonyl (C=O) groups excluding carboxylic acids is 1. The number of sulfonamides is 1. The third-order valence-corrected chi connectivity index (χ3v) is 4.43. The molecule has 0 bridgehead atoms. The van der Waals surface area contributed by atoms with Gasteiger partial charge in [0, 0.05) is 19.6 Å². The molecule has 0 aromatic heterocycles. The van der Waals surface area contributed by atoms with E-state index in [0.29, 0.717) is 11.5 Å². The second-order valence-corrected chi connectivity index (χ2v) is 6.92. The molecule has 0 radical (unpaired) electrons. The molecule has 1 N–H and O–H groups in total. The van der Waals surface area contributed by atoms with Crippen molar-refractivity contribution in [3.63, 3.8) is 0 Å². The molecule has 136 valence electrons. The maximum Gasteiger partial charge on any atom is 0.407 e. The minimum atomic E-state index is -3.44. The summed E-state index contributed by atoms with van der Waals surface area (Å²) in [5, 5.41) is 2.50. The average molecular weight is 360 g/mol. The van der Waals surface area contributed by atoms with Gasteiger partial charge >= 0.3 is 6.09 Å². The number of nitrogens with zero attached hydrogens (tertiary/aromatic N) is 1. The molecule has 1 amide bonds. The molecule has 0 aliphatic carbocycles. The highest BCUT2D eigenvalue weighted by Crippen LogP contribution is 2.28.